The molecule has 0 aliphatic carbocycles. The Morgan fingerprint density at radius 3 is 3.05 bits per heavy atom. The molecule has 1 N–H and O–H groups in total. The number of anilines is 1. The Bertz CT molecular complexity index is 504. The van der Waals surface area contributed by atoms with Crippen molar-refractivity contribution in [2.24, 2.45) is 5.92 Å². The van der Waals surface area contributed by atoms with Gasteiger partial charge in [0.25, 0.3) is 5.91 Å². The van der Waals surface area contributed by atoms with Crippen LogP contribution in [0.15, 0.2) is 18.2 Å². The minimum absolute atomic E-state index is 0. The van der Waals surface area contributed by atoms with Crippen LogP contribution in [0.5, 0.6) is 0 Å². The van der Waals surface area contributed by atoms with Crippen LogP contribution in [0.25, 0.3) is 0 Å². The molecule has 0 aromatic heterocycles. The Morgan fingerprint density at radius 1 is 1.38 bits per heavy atom. The van der Waals surface area contributed by atoms with Gasteiger partial charge in [0.15, 0.2) is 0 Å². The fourth-order valence-corrected chi connectivity index (χ4v) is 3.46. The van der Waals surface area contributed by atoms with Gasteiger partial charge in [0.05, 0.1) is 0 Å². The van der Waals surface area contributed by atoms with Gasteiger partial charge in [-0.1, -0.05) is 19.4 Å². The molecule has 1 aromatic rings. The summed E-state index contributed by atoms with van der Waals surface area (Å²) in [5.74, 6) is 0.925. The topological polar surface area (TPSA) is 32.3 Å². The number of rotatable bonds is 2. The third-order valence-electron chi connectivity index (χ3n) is 4.71. The van der Waals surface area contributed by atoms with Crippen molar-refractivity contribution in [2.45, 2.75) is 39.0 Å². The van der Waals surface area contributed by atoms with E-state index < -0.39 is 0 Å². The van der Waals surface area contributed by atoms with Gasteiger partial charge in [-0.25, -0.2) is 0 Å². The first-order chi connectivity index (χ1) is 9.79. The number of amides is 1. The molecule has 0 saturated carbocycles. The number of hydrogen-bond donors (Lipinski definition) is 1. The number of halogens is 1. The lowest BCUT2D eigenvalue weighted by molar-refractivity contribution is 0.0670. The summed E-state index contributed by atoms with van der Waals surface area (Å²) in [6, 6.07) is 6.10. The second-order valence-electron chi connectivity index (χ2n) is 6.03. The number of piperidine rings is 1. The van der Waals surface area contributed by atoms with Gasteiger partial charge >= 0.3 is 0 Å². The Labute approximate surface area is 133 Å². The molecule has 116 valence electrons. The molecule has 3 nitrogen and oxygen atoms in total. The summed E-state index contributed by atoms with van der Waals surface area (Å²) in [5.41, 5.74) is 3.31. The lowest BCUT2D eigenvalue weighted by atomic mass is 9.93. The summed E-state index contributed by atoms with van der Waals surface area (Å²) in [6.45, 7) is 5.11. The van der Waals surface area contributed by atoms with E-state index in [1.807, 2.05) is 12.1 Å². The lowest BCUT2D eigenvalue weighted by Crippen LogP contribution is -2.40. The molecule has 21 heavy (non-hydrogen) atoms. The van der Waals surface area contributed by atoms with Crippen LogP contribution in [0.4, 0.5) is 5.69 Å². The van der Waals surface area contributed by atoms with Crippen LogP contribution < -0.4 is 5.32 Å². The van der Waals surface area contributed by atoms with Crippen LogP contribution in [0.3, 0.4) is 0 Å². The molecule has 0 bridgehead atoms. The maximum absolute atomic E-state index is 12.8. The molecule has 1 unspecified atom stereocenters. The van der Waals surface area contributed by atoms with Gasteiger partial charge in [0.1, 0.15) is 0 Å². The van der Waals surface area contributed by atoms with E-state index in [1.54, 1.807) is 0 Å². The van der Waals surface area contributed by atoms with E-state index in [1.165, 1.54) is 18.4 Å². The van der Waals surface area contributed by atoms with Crippen molar-refractivity contribution in [1.82, 2.24) is 4.90 Å². The molecule has 1 aromatic carbocycles. The monoisotopic (exact) mass is 308 g/mol. The highest BCUT2D eigenvalue weighted by atomic mass is 35.5. The molecule has 0 radical (unpaired) electrons. The van der Waals surface area contributed by atoms with E-state index in [0.717, 1.165) is 50.1 Å². The van der Waals surface area contributed by atoms with Crippen molar-refractivity contribution in [3.8, 4) is 0 Å². The number of nitrogens with zero attached hydrogens (tertiary/aromatic N) is 1. The van der Waals surface area contributed by atoms with Gasteiger partial charge in [0.2, 0.25) is 0 Å². The second kappa shape index (κ2) is 7.17. The van der Waals surface area contributed by atoms with Crippen molar-refractivity contribution in [1.29, 1.82) is 0 Å². The standard InChI is InChI=1S/C17H24N2O.ClH/c1-2-13-6-5-11-19(12-13)17(20)15-7-3-9-16-14(15)8-4-10-18-16;/h3,7,9,13,18H,2,4-6,8,10-12H2,1H3;1H. The molecule has 1 fully saturated rings. The third kappa shape index (κ3) is 3.34. The van der Waals surface area contributed by atoms with Gasteiger partial charge in [-0.2, -0.15) is 0 Å². The Kier molecular flexibility index (Phi) is 5.51. The minimum atomic E-state index is 0. The first-order valence-electron chi connectivity index (χ1n) is 7.94. The number of carbonyl (C=O) groups excluding carboxylic acids is 1. The Morgan fingerprint density at radius 2 is 2.24 bits per heavy atom. The molecule has 1 amide bonds. The predicted octanol–water partition coefficient (Wildman–Crippen LogP) is 3.73. The van der Waals surface area contributed by atoms with Gasteiger partial charge in [-0.05, 0) is 49.3 Å². The maximum Gasteiger partial charge on any atom is 0.254 e. The van der Waals surface area contributed by atoms with Crippen molar-refractivity contribution < 1.29 is 4.79 Å². The van der Waals surface area contributed by atoms with E-state index in [9.17, 15) is 4.79 Å². The number of carbonyl (C=O) groups is 1. The third-order valence-corrected chi connectivity index (χ3v) is 4.71. The molecule has 3 rings (SSSR count). The molecule has 1 saturated heterocycles. The zero-order valence-electron chi connectivity index (χ0n) is 12.7. The molecule has 4 heteroatoms. The van der Waals surface area contributed by atoms with E-state index in [0.29, 0.717) is 5.92 Å². The van der Waals surface area contributed by atoms with E-state index in [2.05, 4.69) is 23.2 Å². The molecular formula is C17H25ClN2O. The smallest absolute Gasteiger partial charge is 0.254 e. The Balaban J connectivity index is 0.00000161. The second-order valence-corrected chi connectivity index (χ2v) is 6.03. The molecule has 2 heterocycles. The van der Waals surface area contributed by atoms with Crippen LogP contribution in [0, 0.1) is 5.92 Å². The van der Waals surface area contributed by atoms with Crippen LogP contribution >= 0.6 is 12.4 Å². The summed E-state index contributed by atoms with van der Waals surface area (Å²) in [4.78, 5) is 14.9. The van der Waals surface area contributed by atoms with Crippen molar-refractivity contribution in [3.05, 3.63) is 29.3 Å². The van der Waals surface area contributed by atoms with E-state index in [4.69, 9.17) is 0 Å². The van der Waals surface area contributed by atoms with Crippen LogP contribution in [-0.2, 0) is 6.42 Å². The minimum Gasteiger partial charge on any atom is -0.385 e. The molecule has 2 aliphatic heterocycles. The van der Waals surface area contributed by atoms with Crippen LogP contribution in [0.2, 0.25) is 0 Å². The number of fused-ring (bicyclic) bond motifs is 1. The summed E-state index contributed by atoms with van der Waals surface area (Å²) in [6.07, 6.45) is 5.74. The van der Waals surface area contributed by atoms with Gasteiger partial charge in [-0.3, -0.25) is 4.79 Å². The Hall–Kier alpha value is -1.22. The highest BCUT2D eigenvalue weighted by Gasteiger charge is 2.26. The average molecular weight is 309 g/mol. The summed E-state index contributed by atoms with van der Waals surface area (Å²) >= 11 is 0. The first kappa shape index (κ1) is 16.2. The number of likely N-dealkylation sites (tertiary alicyclic amines) is 1. The average Bonchev–Trinajstić information content (AvgIpc) is 2.53. The molecular weight excluding hydrogens is 284 g/mol. The highest BCUT2D eigenvalue weighted by Crippen LogP contribution is 2.28. The van der Waals surface area contributed by atoms with Crippen molar-refractivity contribution in [2.75, 3.05) is 25.0 Å². The summed E-state index contributed by atoms with van der Waals surface area (Å²) in [5, 5.41) is 3.41. The van der Waals surface area contributed by atoms with Gasteiger partial charge < -0.3 is 10.2 Å². The highest BCUT2D eigenvalue weighted by molar-refractivity contribution is 5.97. The lowest BCUT2D eigenvalue weighted by Gasteiger charge is -2.33. The van der Waals surface area contributed by atoms with E-state index >= 15 is 0 Å². The SMILES string of the molecule is CCC1CCCN(C(=O)c2cccc3c2CCCN3)C1.Cl. The summed E-state index contributed by atoms with van der Waals surface area (Å²) in [7, 11) is 0. The fourth-order valence-electron chi connectivity index (χ4n) is 3.46. The zero-order valence-corrected chi connectivity index (χ0v) is 13.5. The molecule has 0 spiro atoms. The molecule has 1 atom stereocenters. The van der Waals surface area contributed by atoms with Crippen molar-refractivity contribution in [3.63, 3.8) is 0 Å². The largest absolute Gasteiger partial charge is 0.385 e. The number of nitrogens with one attached hydrogen (secondary N) is 1. The van der Waals surface area contributed by atoms with Crippen LogP contribution in [-0.4, -0.2) is 30.4 Å². The predicted molar refractivity (Wildman–Crippen MR) is 89.4 cm³/mol. The fraction of sp³-hybridized carbons (Fsp3) is 0.588. The quantitative estimate of drug-likeness (QED) is 0.903. The van der Waals surface area contributed by atoms with Gasteiger partial charge in [-0.15, -0.1) is 12.4 Å². The van der Waals surface area contributed by atoms with Crippen LogP contribution in [0.1, 0.15) is 48.5 Å². The van der Waals surface area contributed by atoms with E-state index in [-0.39, 0.29) is 18.3 Å². The first-order valence-corrected chi connectivity index (χ1v) is 7.94. The maximum atomic E-state index is 12.8. The normalized spacial score (nSPS) is 21.0. The van der Waals surface area contributed by atoms with Crippen molar-refractivity contribution >= 4 is 24.0 Å². The number of hydrogen-bond acceptors (Lipinski definition) is 2. The summed E-state index contributed by atoms with van der Waals surface area (Å²) < 4.78 is 0. The zero-order chi connectivity index (χ0) is 13.9. The number of benzene rings is 1. The van der Waals surface area contributed by atoms with Gasteiger partial charge in [0, 0.05) is 30.9 Å². The molecule has 2 aliphatic rings.